The molecule has 2 rings (SSSR count). The van der Waals surface area contributed by atoms with Crippen LogP contribution in [0.3, 0.4) is 0 Å². The number of nitrogens with two attached hydrogens (primary N) is 1. The Bertz CT molecular complexity index is 309. The van der Waals surface area contributed by atoms with E-state index < -0.39 is 0 Å². The van der Waals surface area contributed by atoms with Crippen molar-refractivity contribution in [1.82, 2.24) is 9.97 Å². The van der Waals surface area contributed by atoms with E-state index in [4.69, 9.17) is 5.73 Å². The number of rotatable bonds is 3. The molecule has 4 heteroatoms. The Morgan fingerprint density at radius 1 is 1.40 bits per heavy atom. The van der Waals surface area contributed by atoms with E-state index in [9.17, 15) is 0 Å². The Morgan fingerprint density at radius 3 is 2.80 bits per heavy atom. The average molecular weight is 206 g/mol. The molecule has 0 amide bonds. The molecule has 0 bridgehead atoms. The number of hydrogen-bond donors (Lipinski definition) is 2. The van der Waals surface area contributed by atoms with Crippen molar-refractivity contribution in [1.29, 1.82) is 0 Å². The number of hydrogen-bond acceptors (Lipinski definition) is 4. The highest BCUT2D eigenvalue weighted by Crippen LogP contribution is 2.26. The molecule has 3 N–H and O–H groups in total. The first-order valence-electron chi connectivity index (χ1n) is 5.55. The molecule has 1 saturated carbocycles. The van der Waals surface area contributed by atoms with Crippen molar-refractivity contribution in [2.75, 3.05) is 5.32 Å². The fourth-order valence-corrected chi connectivity index (χ4v) is 2.08. The van der Waals surface area contributed by atoms with Crippen molar-refractivity contribution in [2.24, 2.45) is 11.7 Å². The van der Waals surface area contributed by atoms with E-state index >= 15 is 0 Å². The van der Waals surface area contributed by atoms with Gasteiger partial charge in [-0.3, -0.25) is 4.98 Å². The lowest BCUT2D eigenvalue weighted by atomic mass is 10.1. The number of nitrogens with one attached hydrogen (secondary N) is 1. The van der Waals surface area contributed by atoms with Gasteiger partial charge in [0.2, 0.25) is 0 Å². The average Bonchev–Trinajstić information content (AvgIpc) is 2.65. The quantitative estimate of drug-likeness (QED) is 0.787. The van der Waals surface area contributed by atoms with Crippen molar-refractivity contribution >= 4 is 5.82 Å². The summed E-state index contributed by atoms with van der Waals surface area (Å²) in [6.07, 6.45) is 7.29. The maximum absolute atomic E-state index is 5.46. The highest BCUT2D eigenvalue weighted by atomic mass is 15.0. The molecular weight excluding hydrogens is 188 g/mol. The summed E-state index contributed by atoms with van der Waals surface area (Å²) in [5.41, 5.74) is 6.29. The summed E-state index contributed by atoms with van der Waals surface area (Å²) < 4.78 is 0. The molecule has 1 aliphatic carbocycles. The minimum absolute atomic E-state index is 0.452. The predicted molar refractivity (Wildman–Crippen MR) is 60.3 cm³/mol. The first kappa shape index (κ1) is 10.4. The van der Waals surface area contributed by atoms with Crippen LogP contribution in [0.15, 0.2) is 12.4 Å². The molecule has 0 saturated heterocycles. The van der Waals surface area contributed by atoms with Gasteiger partial charge in [0.1, 0.15) is 5.82 Å². The van der Waals surface area contributed by atoms with Gasteiger partial charge >= 0.3 is 0 Å². The lowest BCUT2D eigenvalue weighted by Crippen LogP contribution is -2.16. The van der Waals surface area contributed by atoms with Crippen LogP contribution < -0.4 is 11.1 Å². The molecule has 15 heavy (non-hydrogen) atoms. The fourth-order valence-electron chi connectivity index (χ4n) is 2.08. The largest absolute Gasteiger partial charge is 0.366 e. The molecule has 82 valence electrons. The van der Waals surface area contributed by atoms with Gasteiger partial charge in [-0.1, -0.05) is 6.92 Å². The molecule has 2 atom stereocenters. The van der Waals surface area contributed by atoms with E-state index in [0.29, 0.717) is 12.6 Å². The Labute approximate surface area is 90.3 Å². The lowest BCUT2D eigenvalue weighted by molar-refractivity contribution is 0.602. The van der Waals surface area contributed by atoms with Crippen molar-refractivity contribution in [3.05, 3.63) is 18.1 Å². The molecular formula is C11H18N4. The van der Waals surface area contributed by atoms with Crippen LogP contribution in [0.2, 0.25) is 0 Å². The summed E-state index contributed by atoms with van der Waals surface area (Å²) in [6.45, 7) is 2.75. The molecule has 1 aliphatic rings. The number of aromatic nitrogens is 2. The highest BCUT2D eigenvalue weighted by Gasteiger charge is 2.21. The summed E-state index contributed by atoms with van der Waals surface area (Å²) >= 11 is 0. The van der Waals surface area contributed by atoms with Crippen LogP contribution in [-0.2, 0) is 6.54 Å². The van der Waals surface area contributed by atoms with Crippen LogP contribution in [0.5, 0.6) is 0 Å². The Balaban J connectivity index is 1.93. The Hall–Kier alpha value is -1.16. The highest BCUT2D eigenvalue weighted by molar-refractivity contribution is 5.32. The normalized spacial score (nSPS) is 25.5. The second-order valence-electron chi connectivity index (χ2n) is 4.36. The van der Waals surface area contributed by atoms with E-state index in [0.717, 1.165) is 17.4 Å². The maximum Gasteiger partial charge on any atom is 0.144 e. The van der Waals surface area contributed by atoms with Gasteiger partial charge in [-0.15, -0.1) is 0 Å². The first-order chi connectivity index (χ1) is 7.28. The fraction of sp³-hybridized carbons (Fsp3) is 0.636. The second kappa shape index (κ2) is 4.57. The van der Waals surface area contributed by atoms with Gasteiger partial charge in [0, 0.05) is 12.6 Å². The molecule has 0 spiro atoms. The van der Waals surface area contributed by atoms with Crippen LogP contribution in [0.1, 0.15) is 31.9 Å². The van der Waals surface area contributed by atoms with Crippen LogP contribution in [0.25, 0.3) is 0 Å². The van der Waals surface area contributed by atoms with Crippen LogP contribution >= 0.6 is 0 Å². The number of anilines is 1. The topological polar surface area (TPSA) is 63.8 Å². The van der Waals surface area contributed by atoms with E-state index in [2.05, 4.69) is 22.2 Å². The second-order valence-corrected chi connectivity index (χ2v) is 4.36. The molecule has 1 fully saturated rings. The molecule has 4 nitrogen and oxygen atoms in total. The smallest absolute Gasteiger partial charge is 0.144 e. The molecule has 1 aromatic rings. The van der Waals surface area contributed by atoms with Crippen molar-refractivity contribution in [3.63, 3.8) is 0 Å². The third-order valence-corrected chi connectivity index (χ3v) is 2.96. The van der Waals surface area contributed by atoms with Gasteiger partial charge in [-0.2, -0.15) is 0 Å². The van der Waals surface area contributed by atoms with Gasteiger partial charge in [0.25, 0.3) is 0 Å². The van der Waals surface area contributed by atoms with E-state index in [1.54, 1.807) is 12.4 Å². The Morgan fingerprint density at radius 2 is 2.27 bits per heavy atom. The van der Waals surface area contributed by atoms with Gasteiger partial charge in [0.15, 0.2) is 0 Å². The van der Waals surface area contributed by atoms with Crippen LogP contribution in [0, 0.1) is 5.92 Å². The summed E-state index contributed by atoms with van der Waals surface area (Å²) in [7, 11) is 0. The standard InChI is InChI=1S/C11H18N4/c1-8-2-3-9(4-8)15-11-7-13-10(5-12)6-14-11/h6-9H,2-5,12H2,1H3,(H,14,15). The van der Waals surface area contributed by atoms with Gasteiger partial charge in [0.05, 0.1) is 18.1 Å². The summed E-state index contributed by atoms with van der Waals surface area (Å²) in [5.74, 6) is 1.70. The molecule has 2 unspecified atom stereocenters. The minimum Gasteiger partial charge on any atom is -0.366 e. The number of nitrogens with zero attached hydrogens (tertiary/aromatic N) is 2. The van der Waals surface area contributed by atoms with Crippen LogP contribution in [-0.4, -0.2) is 16.0 Å². The van der Waals surface area contributed by atoms with Crippen LogP contribution in [0.4, 0.5) is 5.82 Å². The molecule has 0 aromatic carbocycles. The van der Waals surface area contributed by atoms with Crippen molar-refractivity contribution in [2.45, 2.75) is 38.8 Å². The van der Waals surface area contributed by atoms with E-state index in [1.807, 2.05) is 0 Å². The molecule has 1 aromatic heterocycles. The van der Waals surface area contributed by atoms with Gasteiger partial charge in [-0.05, 0) is 25.2 Å². The third-order valence-electron chi connectivity index (χ3n) is 2.96. The zero-order chi connectivity index (χ0) is 10.7. The maximum atomic E-state index is 5.46. The van der Waals surface area contributed by atoms with Crippen molar-refractivity contribution < 1.29 is 0 Å². The third kappa shape index (κ3) is 2.65. The molecule has 0 radical (unpaired) electrons. The minimum atomic E-state index is 0.452. The van der Waals surface area contributed by atoms with E-state index in [1.165, 1.54) is 19.3 Å². The lowest BCUT2D eigenvalue weighted by Gasteiger charge is -2.12. The SMILES string of the molecule is CC1CCC(Nc2cnc(CN)cn2)C1. The monoisotopic (exact) mass is 206 g/mol. The summed E-state index contributed by atoms with van der Waals surface area (Å²) in [5, 5.41) is 3.41. The first-order valence-corrected chi connectivity index (χ1v) is 5.55. The summed E-state index contributed by atoms with van der Waals surface area (Å²) in [6, 6.07) is 0.568. The molecule has 0 aliphatic heterocycles. The zero-order valence-electron chi connectivity index (χ0n) is 9.11. The van der Waals surface area contributed by atoms with Crippen molar-refractivity contribution in [3.8, 4) is 0 Å². The predicted octanol–water partition coefficient (Wildman–Crippen LogP) is 1.54. The van der Waals surface area contributed by atoms with Gasteiger partial charge < -0.3 is 11.1 Å². The van der Waals surface area contributed by atoms with Gasteiger partial charge in [-0.25, -0.2) is 4.98 Å². The Kier molecular flexibility index (Phi) is 3.16. The molecule has 1 heterocycles. The summed E-state index contributed by atoms with van der Waals surface area (Å²) in [4.78, 5) is 8.49. The zero-order valence-corrected chi connectivity index (χ0v) is 9.11. The van der Waals surface area contributed by atoms with E-state index in [-0.39, 0.29) is 0 Å².